The third-order valence-electron chi connectivity index (χ3n) is 3.80. The van der Waals surface area contributed by atoms with Crippen LogP contribution in [0.4, 0.5) is 0 Å². The highest BCUT2D eigenvalue weighted by Crippen LogP contribution is 2.16. The molecule has 1 aromatic heterocycles. The summed E-state index contributed by atoms with van der Waals surface area (Å²) in [7, 11) is 0. The monoisotopic (exact) mass is 321 g/mol. The fourth-order valence-electron chi connectivity index (χ4n) is 2.58. The van der Waals surface area contributed by atoms with Crippen LogP contribution in [0.3, 0.4) is 0 Å². The zero-order chi connectivity index (χ0) is 16.9. The topological polar surface area (TPSA) is 72.7 Å². The molecule has 0 aliphatic carbocycles. The number of carbonyl (C=O) groups excluding carboxylic acids is 1. The van der Waals surface area contributed by atoms with Gasteiger partial charge in [0.2, 0.25) is 11.7 Å². The van der Waals surface area contributed by atoms with Gasteiger partial charge in [-0.2, -0.15) is 4.80 Å². The van der Waals surface area contributed by atoms with Crippen LogP contribution in [0, 0.1) is 6.92 Å². The van der Waals surface area contributed by atoms with E-state index in [-0.39, 0.29) is 18.5 Å². The minimum atomic E-state index is -0.150. The molecule has 0 fully saturated rings. The summed E-state index contributed by atoms with van der Waals surface area (Å²) in [5.74, 6) is 0.359. The van der Waals surface area contributed by atoms with Crippen molar-refractivity contribution in [2.45, 2.75) is 26.4 Å². The van der Waals surface area contributed by atoms with Crippen molar-refractivity contribution < 1.29 is 4.79 Å². The predicted molar refractivity (Wildman–Crippen MR) is 91.0 cm³/mol. The van der Waals surface area contributed by atoms with Gasteiger partial charge in [-0.3, -0.25) is 4.79 Å². The molecule has 0 radical (unpaired) electrons. The van der Waals surface area contributed by atoms with E-state index < -0.39 is 0 Å². The fourth-order valence-corrected chi connectivity index (χ4v) is 2.58. The predicted octanol–water partition coefficient (Wildman–Crippen LogP) is 2.53. The summed E-state index contributed by atoms with van der Waals surface area (Å²) in [5, 5.41) is 15.2. The molecule has 0 spiro atoms. The lowest BCUT2D eigenvalue weighted by atomic mass is 10.0. The van der Waals surface area contributed by atoms with Crippen LogP contribution in [0.2, 0.25) is 0 Å². The number of aryl methyl sites for hydroxylation is 1. The van der Waals surface area contributed by atoms with Crippen molar-refractivity contribution in [3.05, 3.63) is 65.7 Å². The first-order valence-electron chi connectivity index (χ1n) is 7.81. The highest BCUT2D eigenvalue weighted by molar-refractivity contribution is 5.76. The maximum absolute atomic E-state index is 12.2. The van der Waals surface area contributed by atoms with Crippen LogP contribution in [-0.4, -0.2) is 26.1 Å². The second kappa shape index (κ2) is 7.04. The van der Waals surface area contributed by atoms with Crippen LogP contribution >= 0.6 is 0 Å². The molecule has 122 valence electrons. The minimum absolute atomic E-state index is 0.0378. The Hall–Kier alpha value is -3.02. The normalized spacial score (nSPS) is 11.9. The Labute approximate surface area is 140 Å². The third-order valence-corrected chi connectivity index (χ3v) is 3.80. The highest BCUT2D eigenvalue weighted by Gasteiger charge is 2.13. The average molecular weight is 321 g/mol. The summed E-state index contributed by atoms with van der Waals surface area (Å²) < 4.78 is 0. The van der Waals surface area contributed by atoms with Crippen molar-refractivity contribution in [3.8, 4) is 11.4 Å². The number of tetrazole rings is 1. The zero-order valence-electron chi connectivity index (χ0n) is 13.7. The first kappa shape index (κ1) is 15.9. The van der Waals surface area contributed by atoms with E-state index in [0.29, 0.717) is 5.82 Å². The molecule has 1 unspecified atom stereocenters. The van der Waals surface area contributed by atoms with Gasteiger partial charge >= 0.3 is 0 Å². The molecule has 1 amide bonds. The van der Waals surface area contributed by atoms with Gasteiger partial charge in [-0.15, -0.1) is 10.2 Å². The fraction of sp³-hybridized carbons (Fsp3) is 0.222. The van der Waals surface area contributed by atoms with Crippen LogP contribution in [0.1, 0.15) is 24.1 Å². The van der Waals surface area contributed by atoms with Gasteiger partial charge in [0.1, 0.15) is 6.54 Å². The van der Waals surface area contributed by atoms with Crippen LogP contribution in [-0.2, 0) is 11.3 Å². The van der Waals surface area contributed by atoms with Crippen molar-refractivity contribution in [1.29, 1.82) is 0 Å². The second-order valence-corrected chi connectivity index (χ2v) is 5.66. The summed E-state index contributed by atoms with van der Waals surface area (Å²) in [6.45, 7) is 4.03. The summed E-state index contributed by atoms with van der Waals surface area (Å²) in [6.07, 6.45) is 0. The first-order valence-corrected chi connectivity index (χ1v) is 7.81. The molecule has 0 bridgehead atoms. The Morgan fingerprint density at radius 2 is 1.83 bits per heavy atom. The number of hydrogen-bond acceptors (Lipinski definition) is 4. The number of nitrogens with zero attached hydrogens (tertiary/aromatic N) is 4. The van der Waals surface area contributed by atoms with E-state index >= 15 is 0 Å². The Balaban J connectivity index is 1.63. The van der Waals surface area contributed by atoms with Gasteiger partial charge in [0.15, 0.2) is 0 Å². The first-order chi connectivity index (χ1) is 11.6. The molecule has 0 saturated carbocycles. The molecule has 0 aliphatic rings. The molecule has 6 heteroatoms. The Morgan fingerprint density at radius 3 is 2.58 bits per heavy atom. The molecular formula is C18H19N5O. The molecule has 2 aromatic carbocycles. The van der Waals surface area contributed by atoms with Gasteiger partial charge in [-0.05, 0) is 30.2 Å². The van der Waals surface area contributed by atoms with Gasteiger partial charge in [0.25, 0.3) is 0 Å². The van der Waals surface area contributed by atoms with E-state index in [2.05, 4.69) is 20.7 Å². The lowest BCUT2D eigenvalue weighted by molar-refractivity contribution is -0.122. The Morgan fingerprint density at radius 1 is 1.12 bits per heavy atom. The number of aromatic nitrogens is 4. The van der Waals surface area contributed by atoms with Crippen LogP contribution in [0.25, 0.3) is 11.4 Å². The van der Waals surface area contributed by atoms with E-state index in [1.165, 1.54) is 4.80 Å². The molecule has 6 nitrogen and oxygen atoms in total. The average Bonchev–Trinajstić information content (AvgIpc) is 3.04. The highest BCUT2D eigenvalue weighted by atomic mass is 16.2. The van der Waals surface area contributed by atoms with Crippen LogP contribution in [0.5, 0.6) is 0 Å². The number of benzene rings is 2. The lowest BCUT2D eigenvalue weighted by Gasteiger charge is -2.16. The number of carbonyl (C=O) groups is 1. The number of nitrogens with one attached hydrogen (secondary N) is 1. The summed E-state index contributed by atoms with van der Waals surface area (Å²) in [4.78, 5) is 13.5. The van der Waals surface area contributed by atoms with Crippen LogP contribution in [0.15, 0.2) is 54.6 Å². The molecule has 3 rings (SSSR count). The number of hydrogen-bond donors (Lipinski definition) is 1. The maximum Gasteiger partial charge on any atom is 0.244 e. The Kier molecular flexibility index (Phi) is 4.65. The molecule has 24 heavy (non-hydrogen) atoms. The standard InChI is InChI=1S/C18H19N5O/c1-13-8-6-7-11-16(13)14(2)19-17(24)12-23-21-18(20-22-23)15-9-4-3-5-10-15/h3-11,14H,12H2,1-2H3,(H,19,24). The summed E-state index contributed by atoms with van der Waals surface area (Å²) in [6, 6.07) is 17.5. The van der Waals surface area contributed by atoms with Crippen molar-refractivity contribution >= 4 is 5.91 Å². The lowest BCUT2D eigenvalue weighted by Crippen LogP contribution is -2.31. The van der Waals surface area contributed by atoms with Crippen molar-refractivity contribution in [3.63, 3.8) is 0 Å². The zero-order valence-corrected chi connectivity index (χ0v) is 13.7. The van der Waals surface area contributed by atoms with Gasteiger partial charge < -0.3 is 5.32 Å². The van der Waals surface area contributed by atoms with E-state index in [4.69, 9.17) is 0 Å². The molecular weight excluding hydrogens is 302 g/mol. The van der Waals surface area contributed by atoms with Gasteiger partial charge in [0, 0.05) is 5.56 Å². The summed E-state index contributed by atoms with van der Waals surface area (Å²) in [5.41, 5.74) is 3.12. The largest absolute Gasteiger partial charge is 0.348 e. The van der Waals surface area contributed by atoms with E-state index in [1.54, 1.807) is 0 Å². The van der Waals surface area contributed by atoms with Crippen molar-refractivity contribution in [2.24, 2.45) is 0 Å². The van der Waals surface area contributed by atoms with Gasteiger partial charge in [-0.1, -0.05) is 54.6 Å². The SMILES string of the molecule is Cc1ccccc1C(C)NC(=O)Cn1nnc(-c2ccccc2)n1. The molecule has 1 N–H and O–H groups in total. The number of amides is 1. The quantitative estimate of drug-likeness (QED) is 0.784. The third kappa shape index (κ3) is 3.65. The summed E-state index contributed by atoms with van der Waals surface area (Å²) >= 11 is 0. The molecule has 1 atom stereocenters. The molecule has 0 aliphatic heterocycles. The Bertz CT molecular complexity index is 828. The van der Waals surface area contributed by atoms with E-state index in [9.17, 15) is 4.79 Å². The second-order valence-electron chi connectivity index (χ2n) is 5.66. The smallest absolute Gasteiger partial charge is 0.244 e. The molecule has 1 heterocycles. The van der Waals surface area contributed by atoms with Crippen molar-refractivity contribution in [1.82, 2.24) is 25.5 Å². The van der Waals surface area contributed by atoms with Gasteiger partial charge in [-0.25, -0.2) is 0 Å². The van der Waals surface area contributed by atoms with Gasteiger partial charge in [0.05, 0.1) is 6.04 Å². The number of rotatable bonds is 5. The minimum Gasteiger partial charge on any atom is -0.348 e. The van der Waals surface area contributed by atoms with Crippen molar-refractivity contribution in [2.75, 3.05) is 0 Å². The van der Waals surface area contributed by atoms with Crippen LogP contribution < -0.4 is 5.32 Å². The molecule has 0 saturated heterocycles. The maximum atomic E-state index is 12.2. The molecule has 3 aromatic rings. The van der Waals surface area contributed by atoms with E-state index in [1.807, 2.05) is 68.4 Å². The van der Waals surface area contributed by atoms with E-state index in [0.717, 1.165) is 16.7 Å².